The Morgan fingerprint density at radius 3 is 2.56 bits per heavy atom. The molecule has 0 saturated carbocycles. The van der Waals surface area contributed by atoms with Gasteiger partial charge in [-0.25, -0.2) is 0 Å². The maximum atomic E-state index is 12.7. The van der Waals surface area contributed by atoms with Crippen molar-refractivity contribution >= 4 is 10.2 Å². The maximum Gasteiger partial charge on any atom is 0.282 e. The predicted molar refractivity (Wildman–Crippen MR) is 72.6 cm³/mol. The Kier molecular flexibility index (Phi) is 5.00. The van der Waals surface area contributed by atoms with E-state index in [1.54, 1.807) is 8.61 Å². The van der Waals surface area contributed by atoms with Crippen LogP contribution in [0, 0.1) is 0 Å². The number of rotatable bonds is 5. The lowest BCUT2D eigenvalue weighted by atomic mass is 10.2. The minimum atomic E-state index is -3.24. The first-order valence-electron chi connectivity index (χ1n) is 7.14. The van der Waals surface area contributed by atoms with Gasteiger partial charge in [0.15, 0.2) is 0 Å². The van der Waals surface area contributed by atoms with Gasteiger partial charge in [-0.05, 0) is 32.2 Å². The topological polar surface area (TPSA) is 52.7 Å². The molecule has 106 valence electrons. The lowest BCUT2D eigenvalue weighted by molar-refractivity contribution is 0.273. The molecule has 0 bridgehead atoms. The molecule has 5 nitrogen and oxygen atoms in total. The monoisotopic (exact) mass is 275 g/mol. The second-order valence-corrected chi connectivity index (χ2v) is 7.11. The van der Waals surface area contributed by atoms with Crippen LogP contribution >= 0.6 is 0 Å². The zero-order chi connectivity index (χ0) is 13.0. The summed E-state index contributed by atoms with van der Waals surface area (Å²) >= 11 is 0. The van der Waals surface area contributed by atoms with E-state index in [2.05, 4.69) is 5.32 Å². The van der Waals surface area contributed by atoms with Crippen molar-refractivity contribution in [2.75, 3.05) is 32.7 Å². The standard InChI is InChI=1S/C12H25N3O2S/c1-2-8-15(12-6-7-13-11-12)18(16,17)14-9-4-3-5-10-14/h12-13H,2-11H2,1H3. The zero-order valence-corrected chi connectivity index (χ0v) is 12.1. The molecule has 2 fully saturated rings. The molecule has 1 atom stereocenters. The van der Waals surface area contributed by atoms with E-state index in [1.165, 1.54) is 0 Å². The molecular formula is C12H25N3O2S. The third kappa shape index (κ3) is 3.04. The van der Waals surface area contributed by atoms with E-state index < -0.39 is 10.2 Å². The molecule has 1 N–H and O–H groups in total. The number of nitrogens with zero attached hydrogens (tertiary/aromatic N) is 2. The fourth-order valence-corrected chi connectivity index (χ4v) is 4.82. The lowest BCUT2D eigenvalue weighted by Crippen LogP contribution is -2.50. The largest absolute Gasteiger partial charge is 0.315 e. The normalized spacial score (nSPS) is 26.9. The highest BCUT2D eigenvalue weighted by Crippen LogP contribution is 2.21. The van der Waals surface area contributed by atoms with E-state index in [9.17, 15) is 8.42 Å². The van der Waals surface area contributed by atoms with Gasteiger partial charge >= 0.3 is 0 Å². The van der Waals surface area contributed by atoms with Crippen molar-refractivity contribution in [1.29, 1.82) is 0 Å². The molecule has 0 spiro atoms. The Labute approximate surface area is 111 Å². The Morgan fingerprint density at radius 2 is 2.00 bits per heavy atom. The van der Waals surface area contributed by atoms with Gasteiger partial charge in [-0.2, -0.15) is 17.0 Å². The molecular weight excluding hydrogens is 250 g/mol. The Morgan fingerprint density at radius 1 is 1.28 bits per heavy atom. The van der Waals surface area contributed by atoms with Crippen LogP contribution in [0.5, 0.6) is 0 Å². The van der Waals surface area contributed by atoms with Crippen LogP contribution in [-0.2, 0) is 10.2 Å². The van der Waals surface area contributed by atoms with Crippen LogP contribution in [0.25, 0.3) is 0 Å². The SMILES string of the molecule is CCCN(C1CCNC1)S(=O)(=O)N1CCCCC1. The van der Waals surface area contributed by atoms with Crippen LogP contribution in [0.3, 0.4) is 0 Å². The van der Waals surface area contributed by atoms with Gasteiger partial charge in [0.05, 0.1) is 0 Å². The van der Waals surface area contributed by atoms with Crippen LogP contribution in [0.15, 0.2) is 0 Å². The molecule has 6 heteroatoms. The van der Waals surface area contributed by atoms with Crippen molar-refractivity contribution in [2.45, 2.75) is 45.1 Å². The van der Waals surface area contributed by atoms with Gasteiger partial charge in [-0.15, -0.1) is 0 Å². The molecule has 2 rings (SSSR count). The van der Waals surface area contributed by atoms with Gasteiger partial charge in [0.1, 0.15) is 0 Å². The quantitative estimate of drug-likeness (QED) is 0.807. The fourth-order valence-electron chi connectivity index (χ4n) is 2.84. The smallest absolute Gasteiger partial charge is 0.282 e. The lowest BCUT2D eigenvalue weighted by Gasteiger charge is -2.34. The van der Waals surface area contributed by atoms with Crippen molar-refractivity contribution < 1.29 is 8.42 Å². The van der Waals surface area contributed by atoms with Gasteiger partial charge in [0, 0.05) is 32.2 Å². The first-order chi connectivity index (χ1) is 8.66. The van der Waals surface area contributed by atoms with E-state index in [0.29, 0.717) is 19.6 Å². The summed E-state index contributed by atoms with van der Waals surface area (Å²) in [5.41, 5.74) is 0. The summed E-state index contributed by atoms with van der Waals surface area (Å²) < 4.78 is 28.8. The summed E-state index contributed by atoms with van der Waals surface area (Å²) in [6, 6.07) is 0.150. The van der Waals surface area contributed by atoms with Crippen LogP contribution in [-0.4, -0.2) is 55.8 Å². The summed E-state index contributed by atoms with van der Waals surface area (Å²) in [5.74, 6) is 0. The third-order valence-corrected chi connectivity index (χ3v) is 5.91. The number of nitrogens with one attached hydrogen (secondary N) is 1. The van der Waals surface area contributed by atoms with Crippen molar-refractivity contribution in [1.82, 2.24) is 13.9 Å². The molecule has 1 unspecified atom stereocenters. The minimum absolute atomic E-state index is 0.150. The molecule has 0 aromatic heterocycles. The van der Waals surface area contributed by atoms with Gasteiger partial charge in [0.2, 0.25) is 0 Å². The molecule has 18 heavy (non-hydrogen) atoms. The number of piperidine rings is 1. The van der Waals surface area contributed by atoms with Crippen LogP contribution < -0.4 is 5.32 Å². The molecule has 0 aliphatic carbocycles. The van der Waals surface area contributed by atoms with Crippen LogP contribution in [0.1, 0.15) is 39.0 Å². The van der Waals surface area contributed by atoms with Crippen LogP contribution in [0.2, 0.25) is 0 Å². The summed E-state index contributed by atoms with van der Waals surface area (Å²) in [7, 11) is -3.24. The van der Waals surface area contributed by atoms with Gasteiger partial charge in [0.25, 0.3) is 10.2 Å². The molecule has 0 aromatic rings. The predicted octanol–water partition coefficient (Wildman–Crippen LogP) is 0.791. The second-order valence-electron chi connectivity index (χ2n) is 5.22. The van der Waals surface area contributed by atoms with Gasteiger partial charge in [-0.3, -0.25) is 0 Å². The van der Waals surface area contributed by atoms with E-state index in [1.807, 2.05) is 6.92 Å². The highest BCUT2D eigenvalue weighted by Gasteiger charge is 2.35. The maximum absolute atomic E-state index is 12.7. The van der Waals surface area contributed by atoms with Crippen molar-refractivity contribution in [2.24, 2.45) is 0 Å². The van der Waals surface area contributed by atoms with Crippen molar-refractivity contribution in [3.05, 3.63) is 0 Å². The van der Waals surface area contributed by atoms with E-state index in [-0.39, 0.29) is 6.04 Å². The number of hydrogen-bond donors (Lipinski definition) is 1. The fraction of sp³-hybridized carbons (Fsp3) is 1.00. The Hall–Kier alpha value is -0.170. The molecule has 2 heterocycles. The molecule has 0 radical (unpaired) electrons. The molecule has 2 aliphatic rings. The van der Waals surface area contributed by atoms with E-state index in [0.717, 1.165) is 45.2 Å². The van der Waals surface area contributed by atoms with E-state index in [4.69, 9.17) is 0 Å². The molecule has 2 saturated heterocycles. The Balaban J connectivity index is 2.11. The molecule has 2 aliphatic heterocycles. The summed E-state index contributed by atoms with van der Waals surface area (Å²) in [6.45, 7) is 5.81. The second kappa shape index (κ2) is 6.32. The summed E-state index contributed by atoms with van der Waals surface area (Å²) in [4.78, 5) is 0. The average molecular weight is 275 g/mol. The molecule has 0 aromatic carbocycles. The number of hydrogen-bond acceptors (Lipinski definition) is 3. The Bertz CT molecular complexity index is 346. The van der Waals surface area contributed by atoms with Gasteiger partial charge < -0.3 is 5.32 Å². The van der Waals surface area contributed by atoms with Crippen molar-refractivity contribution in [3.63, 3.8) is 0 Å². The summed E-state index contributed by atoms with van der Waals surface area (Å²) in [6.07, 6.45) is 4.98. The van der Waals surface area contributed by atoms with Crippen LogP contribution in [0.4, 0.5) is 0 Å². The van der Waals surface area contributed by atoms with Gasteiger partial charge in [-0.1, -0.05) is 13.3 Å². The van der Waals surface area contributed by atoms with E-state index >= 15 is 0 Å². The first kappa shape index (κ1) is 14.2. The average Bonchev–Trinajstić information content (AvgIpc) is 2.90. The first-order valence-corrected chi connectivity index (χ1v) is 8.53. The summed E-state index contributed by atoms with van der Waals surface area (Å²) in [5, 5.41) is 3.26. The highest BCUT2D eigenvalue weighted by atomic mass is 32.2. The molecule has 0 amide bonds. The van der Waals surface area contributed by atoms with Crippen molar-refractivity contribution in [3.8, 4) is 0 Å². The third-order valence-electron chi connectivity index (χ3n) is 3.82. The zero-order valence-electron chi connectivity index (χ0n) is 11.3. The minimum Gasteiger partial charge on any atom is -0.315 e. The highest BCUT2D eigenvalue weighted by molar-refractivity contribution is 7.86.